The van der Waals surface area contributed by atoms with Gasteiger partial charge in [0.05, 0.1) is 38.6 Å². The summed E-state index contributed by atoms with van der Waals surface area (Å²) < 4.78 is 34.6. The Hall–Kier alpha value is -3.81. The Morgan fingerprint density at radius 1 is 0.336 bits per heavy atom. The van der Waals surface area contributed by atoms with Gasteiger partial charge in [-0.15, -0.1) is 0 Å². The first kappa shape index (κ1) is 100. The molecule has 17 unspecified atom stereocenters. The largest absolute Gasteiger partial charge is 0.394 e. The number of aliphatic hydroxyl groups excluding tert-OH is 11. The molecule has 0 aromatic rings. The lowest BCUT2D eigenvalue weighted by atomic mass is 9.96. The van der Waals surface area contributed by atoms with Crippen LogP contribution < -0.4 is 5.32 Å². The number of ether oxygens (including phenoxy) is 6. The number of unbranched alkanes of at least 4 members (excludes halogenated alkanes) is 33. The van der Waals surface area contributed by atoms with Crippen LogP contribution in [0.25, 0.3) is 0 Å². The summed E-state index contributed by atoms with van der Waals surface area (Å²) in [6, 6.07) is -0.899. The van der Waals surface area contributed by atoms with Gasteiger partial charge in [0, 0.05) is 6.42 Å². The predicted octanol–water partition coefficient (Wildman–Crippen LogP) is 16.2. The molecule has 0 radical (unpaired) electrons. The van der Waals surface area contributed by atoms with E-state index in [1.54, 1.807) is 0 Å². The van der Waals surface area contributed by atoms with Crippen molar-refractivity contribution >= 4 is 5.91 Å². The quantitative estimate of drug-likeness (QED) is 0.0199. The number of amides is 1. The predicted molar refractivity (Wildman–Crippen MR) is 443 cm³/mol. The van der Waals surface area contributed by atoms with Crippen LogP contribution in [-0.4, -0.2) is 193 Å². The zero-order valence-electron chi connectivity index (χ0n) is 68.2. The topological polar surface area (TPSA) is 307 Å². The molecule has 0 aromatic carbocycles. The number of hydrogen-bond acceptors (Lipinski definition) is 18. The third kappa shape index (κ3) is 47.9. The van der Waals surface area contributed by atoms with Gasteiger partial charge in [-0.1, -0.05) is 341 Å². The molecule has 12 N–H and O–H groups in total. The van der Waals surface area contributed by atoms with Gasteiger partial charge in [0.1, 0.15) is 73.2 Å². The molecule has 3 aliphatic heterocycles. The van der Waals surface area contributed by atoms with Crippen molar-refractivity contribution in [2.24, 2.45) is 0 Å². The van der Waals surface area contributed by atoms with Crippen molar-refractivity contribution in [3.05, 3.63) is 122 Å². The summed E-state index contributed by atoms with van der Waals surface area (Å²) >= 11 is 0. The Kier molecular flexibility index (Phi) is 63.4. The van der Waals surface area contributed by atoms with E-state index >= 15 is 0 Å². The molecule has 0 aliphatic carbocycles. The lowest BCUT2D eigenvalue weighted by Crippen LogP contribution is -2.66. The van der Waals surface area contributed by atoms with Gasteiger partial charge < -0.3 is 89.9 Å². The highest BCUT2D eigenvalue weighted by molar-refractivity contribution is 5.76. The summed E-state index contributed by atoms with van der Waals surface area (Å²) in [4.78, 5) is 13.5. The standard InChI is InChI=1S/C91H157NO18/c1-3-5-7-9-11-13-15-17-19-21-23-25-27-29-30-31-32-33-34-35-36-37-38-39-40-41-42-43-44-45-47-49-51-53-55-57-59-61-63-65-67-69-79(97)92-74(75(96)68-66-64-62-60-58-56-54-52-50-48-46-28-26-24-22-20-18-16-14-12-10-8-6-4-2)73-105-89-85(103)82(100)87(77(71-94)107-89)110-91-86(104)83(101)88(78(72-95)108-91)109-90-84(102)81(99)80(98)76(70-93)106-90/h5,7,11,13,17,19,23,25,29-30,32-33,35-36,38-39,41-42,44-45,74-78,80-91,93-96,98-104H,3-4,6,8-10,12,14-16,18,20-22,24,26-28,31,34,37,40,43,46-73H2,1-2H3,(H,92,97)/b7-5-,13-11-,19-17-,25-23-,30-29-,33-32-,36-35-,39-38-,42-41-,45-44-. The molecule has 3 heterocycles. The number of rotatable bonds is 69. The van der Waals surface area contributed by atoms with Crippen LogP contribution in [0.15, 0.2) is 122 Å². The van der Waals surface area contributed by atoms with Gasteiger partial charge in [-0.25, -0.2) is 0 Å². The molecule has 3 rings (SSSR count). The molecule has 634 valence electrons. The highest BCUT2D eigenvalue weighted by atomic mass is 16.8. The van der Waals surface area contributed by atoms with E-state index in [9.17, 15) is 61.0 Å². The van der Waals surface area contributed by atoms with Crippen LogP contribution in [0.3, 0.4) is 0 Å². The molecule has 3 saturated heterocycles. The van der Waals surface area contributed by atoms with Crippen LogP contribution in [0.1, 0.15) is 316 Å². The van der Waals surface area contributed by atoms with Crippen LogP contribution in [-0.2, 0) is 33.2 Å². The van der Waals surface area contributed by atoms with Crippen molar-refractivity contribution < 1.29 is 89.4 Å². The van der Waals surface area contributed by atoms with Gasteiger partial charge in [0.15, 0.2) is 18.9 Å². The van der Waals surface area contributed by atoms with Gasteiger partial charge in [-0.2, -0.15) is 0 Å². The number of aliphatic hydroxyl groups is 11. The summed E-state index contributed by atoms with van der Waals surface area (Å²) in [5.41, 5.74) is 0. The minimum Gasteiger partial charge on any atom is -0.394 e. The Bertz CT molecular complexity index is 2460. The molecule has 1 amide bonds. The Morgan fingerprint density at radius 3 is 0.982 bits per heavy atom. The van der Waals surface area contributed by atoms with E-state index in [0.717, 1.165) is 122 Å². The molecule has 0 saturated carbocycles. The first-order chi connectivity index (χ1) is 53.8. The third-order valence-corrected chi connectivity index (χ3v) is 21.1. The molecule has 0 bridgehead atoms. The molecular formula is C91H157NO18. The lowest BCUT2D eigenvalue weighted by molar-refractivity contribution is -0.379. The fourth-order valence-electron chi connectivity index (χ4n) is 14.1. The minimum absolute atomic E-state index is 0.248. The normalized spacial score (nSPS) is 25.8. The Morgan fingerprint density at radius 2 is 0.627 bits per heavy atom. The van der Waals surface area contributed by atoms with Crippen molar-refractivity contribution in [3.8, 4) is 0 Å². The molecule has 0 spiro atoms. The van der Waals surface area contributed by atoms with E-state index in [2.05, 4.69) is 141 Å². The Labute approximate surface area is 665 Å². The maximum absolute atomic E-state index is 13.5. The van der Waals surface area contributed by atoms with Crippen molar-refractivity contribution in [3.63, 3.8) is 0 Å². The summed E-state index contributed by atoms with van der Waals surface area (Å²) in [6.45, 7) is 1.71. The molecule has 3 aliphatic rings. The van der Waals surface area contributed by atoms with Crippen LogP contribution in [0, 0.1) is 0 Å². The van der Waals surface area contributed by atoms with E-state index in [4.69, 9.17) is 28.4 Å². The van der Waals surface area contributed by atoms with Crippen LogP contribution in [0.5, 0.6) is 0 Å². The second-order valence-corrected chi connectivity index (χ2v) is 30.6. The lowest BCUT2D eigenvalue weighted by Gasteiger charge is -2.48. The van der Waals surface area contributed by atoms with Crippen LogP contribution in [0.2, 0.25) is 0 Å². The van der Waals surface area contributed by atoms with Crippen LogP contribution in [0.4, 0.5) is 0 Å². The fraction of sp³-hybridized carbons (Fsp3) is 0.769. The fourth-order valence-corrected chi connectivity index (χ4v) is 14.1. The highest BCUT2D eigenvalue weighted by Crippen LogP contribution is 2.33. The first-order valence-electron chi connectivity index (χ1n) is 43.8. The smallest absolute Gasteiger partial charge is 0.220 e. The molecular weight excluding hydrogens is 1390 g/mol. The number of carbonyl (C=O) groups is 1. The third-order valence-electron chi connectivity index (χ3n) is 21.1. The molecule has 3 fully saturated rings. The van der Waals surface area contributed by atoms with Gasteiger partial charge in [-0.3, -0.25) is 4.79 Å². The molecule has 19 nitrogen and oxygen atoms in total. The number of nitrogens with one attached hydrogen (secondary N) is 1. The number of carbonyl (C=O) groups excluding carboxylic acids is 1. The second kappa shape index (κ2) is 69.5. The molecule has 19 heteroatoms. The summed E-state index contributed by atoms with van der Waals surface area (Å²) in [7, 11) is 0. The van der Waals surface area contributed by atoms with E-state index < -0.39 is 124 Å². The second-order valence-electron chi connectivity index (χ2n) is 30.6. The first-order valence-corrected chi connectivity index (χ1v) is 43.8. The highest BCUT2D eigenvalue weighted by Gasteiger charge is 2.54. The van der Waals surface area contributed by atoms with Gasteiger partial charge in [0.2, 0.25) is 5.91 Å². The van der Waals surface area contributed by atoms with Gasteiger partial charge in [0.25, 0.3) is 0 Å². The minimum atomic E-state index is -1.98. The van der Waals surface area contributed by atoms with E-state index in [-0.39, 0.29) is 18.9 Å². The van der Waals surface area contributed by atoms with Gasteiger partial charge in [-0.05, 0) is 89.9 Å². The summed E-state index contributed by atoms with van der Waals surface area (Å²) in [6.07, 6.45) is 71.4. The van der Waals surface area contributed by atoms with Crippen molar-refractivity contribution in [2.45, 2.75) is 420 Å². The number of hydrogen-bond donors (Lipinski definition) is 12. The summed E-state index contributed by atoms with van der Waals surface area (Å²) in [5.74, 6) is -0.248. The van der Waals surface area contributed by atoms with Crippen LogP contribution >= 0.6 is 0 Å². The molecule has 0 aromatic heterocycles. The maximum atomic E-state index is 13.5. The van der Waals surface area contributed by atoms with E-state index in [1.807, 2.05) is 0 Å². The average Bonchev–Trinajstić information content (AvgIpc) is 0.782. The van der Waals surface area contributed by atoms with Gasteiger partial charge >= 0.3 is 0 Å². The van der Waals surface area contributed by atoms with E-state index in [1.165, 1.54) is 161 Å². The molecule has 110 heavy (non-hydrogen) atoms. The zero-order chi connectivity index (χ0) is 79.5. The van der Waals surface area contributed by atoms with E-state index in [0.29, 0.717) is 12.8 Å². The van der Waals surface area contributed by atoms with Crippen molar-refractivity contribution in [2.75, 3.05) is 26.4 Å². The number of allylic oxidation sites excluding steroid dienone is 20. The summed E-state index contributed by atoms with van der Waals surface area (Å²) in [5, 5.41) is 121. The Balaban J connectivity index is 1.33. The maximum Gasteiger partial charge on any atom is 0.220 e. The molecule has 17 atom stereocenters. The average molecular weight is 1550 g/mol. The zero-order valence-corrected chi connectivity index (χ0v) is 68.2. The van der Waals surface area contributed by atoms with Crippen molar-refractivity contribution in [1.82, 2.24) is 5.32 Å². The van der Waals surface area contributed by atoms with Crippen molar-refractivity contribution in [1.29, 1.82) is 0 Å². The SMILES string of the molecule is CC/C=C\C/C=C\C/C=C\C/C=C\C/C=C\C/C=C\C/C=C\C/C=C\C/C=C\C/C=C\CCCCCCCCCCCCC(=O)NC(COC1OC(CO)C(OC2OC(CO)C(OC3OC(CO)C(O)C(O)C3O)C(O)C2O)C(O)C1O)C(O)CCCCCCCCCCCCCCCCCCCCCCCCCC. The monoisotopic (exact) mass is 1550 g/mol.